The van der Waals surface area contributed by atoms with Crippen LogP contribution >= 0.6 is 0 Å². The molecular formula is C16H22N4O3S. The van der Waals surface area contributed by atoms with Crippen molar-refractivity contribution in [3.8, 4) is 0 Å². The number of rotatable bonds is 5. The second-order valence-corrected chi connectivity index (χ2v) is 8.04. The van der Waals surface area contributed by atoms with Crippen molar-refractivity contribution in [2.75, 3.05) is 45.2 Å². The highest BCUT2D eigenvalue weighted by Gasteiger charge is 2.23. The van der Waals surface area contributed by atoms with Gasteiger partial charge in [-0.15, -0.1) is 0 Å². The van der Waals surface area contributed by atoms with E-state index in [1.54, 1.807) is 12.3 Å². The third-order valence-electron chi connectivity index (χ3n) is 4.10. The Labute approximate surface area is 142 Å². The van der Waals surface area contributed by atoms with Gasteiger partial charge in [-0.2, -0.15) is 0 Å². The standard InChI is InChI=1S/C16H22N4O3S/c1-18(2)24(21,22)16-7-6-14(23-16)13-19-9-11-20(12-10-19)15-5-3-4-8-17-15/h3-8H,9-13H2,1-2H3. The first kappa shape index (κ1) is 16.9. The first-order valence-corrected chi connectivity index (χ1v) is 9.30. The Hall–Kier alpha value is -1.90. The highest BCUT2D eigenvalue weighted by molar-refractivity contribution is 7.88. The normalized spacial score (nSPS) is 16.7. The number of pyridine rings is 1. The van der Waals surface area contributed by atoms with E-state index in [1.165, 1.54) is 20.2 Å². The zero-order valence-corrected chi connectivity index (χ0v) is 14.7. The minimum atomic E-state index is -3.51. The van der Waals surface area contributed by atoms with Gasteiger partial charge in [0.1, 0.15) is 11.6 Å². The summed E-state index contributed by atoms with van der Waals surface area (Å²) < 4.78 is 30.8. The van der Waals surface area contributed by atoms with Crippen molar-refractivity contribution < 1.29 is 12.8 Å². The van der Waals surface area contributed by atoms with Crippen LogP contribution in [-0.4, -0.2) is 62.9 Å². The Kier molecular flexibility index (Phi) is 4.88. The van der Waals surface area contributed by atoms with Gasteiger partial charge in [-0.1, -0.05) is 6.07 Å². The van der Waals surface area contributed by atoms with Gasteiger partial charge in [-0.05, 0) is 24.3 Å². The topological polar surface area (TPSA) is 69.9 Å². The van der Waals surface area contributed by atoms with E-state index in [4.69, 9.17) is 4.42 Å². The molecule has 1 aliphatic heterocycles. The zero-order chi connectivity index (χ0) is 17.2. The fraction of sp³-hybridized carbons (Fsp3) is 0.438. The van der Waals surface area contributed by atoms with Crippen molar-refractivity contribution >= 4 is 15.8 Å². The Bertz CT molecular complexity index is 766. The molecule has 0 saturated carbocycles. The summed E-state index contributed by atoms with van der Waals surface area (Å²) in [6, 6.07) is 9.18. The molecule has 0 aliphatic carbocycles. The van der Waals surface area contributed by atoms with E-state index >= 15 is 0 Å². The molecular weight excluding hydrogens is 328 g/mol. The van der Waals surface area contributed by atoms with Crippen molar-refractivity contribution in [1.82, 2.24) is 14.2 Å². The largest absolute Gasteiger partial charge is 0.447 e. The van der Waals surface area contributed by atoms with Crippen LogP contribution in [0, 0.1) is 0 Å². The van der Waals surface area contributed by atoms with Crippen molar-refractivity contribution in [2.45, 2.75) is 11.6 Å². The molecule has 2 aromatic heterocycles. The summed E-state index contributed by atoms with van der Waals surface area (Å²) in [6.07, 6.45) is 1.80. The summed E-state index contributed by atoms with van der Waals surface area (Å²) in [7, 11) is -0.521. The summed E-state index contributed by atoms with van der Waals surface area (Å²) in [5.74, 6) is 1.66. The minimum absolute atomic E-state index is 0.00498. The second-order valence-electron chi connectivity index (χ2n) is 5.96. The Balaban J connectivity index is 1.58. The Morgan fingerprint density at radius 2 is 1.88 bits per heavy atom. The third-order valence-corrected chi connectivity index (χ3v) is 5.79. The molecule has 1 saturated heterocycles. The molecule has 1 fully saturated rings. The highest BCUT2D eigenvalue weighted by atomic mass is 32.2. The van der Waals surface area contributed by atoms with Crippen LogP contribution < -0.4 is 4.90 Å². The number of hydrogen-bond donors (Lipinski definition) is 0. The molecule has 130 valence electrons. The van der Waals surface area contributed by atoms with Gasteiger partial charge in [-0.25, -0.2) is 17.7 Å². The smallest absolute Gasteiger partial charge is 0.275 e. The van der Waals surface area contributed by atoms with Crippen LogP contribution in [0.1, 0.15) is 5.76 Å². The number of sulfonamides is 1. The van der Waals surface area contributed by atoms with E-state index in [-0.39, 0.29) is 5.09 Å². The lowest BCUT2D eigenvalue weighted by molar-refractivity contribution is 0.223. The van der Waals surface area contributed by atoms with Crippen LogP contribution in [0.4, 0.5) is 5.82 Å². The van der Waals surface area contributed by atoms with Crippen LogP contribution in [0.2, 0.25) is 0 Å². The maximum absolute atomic E-state index is 12.0. The monoisotopic (exact) mass is 350 g/mol. The lowest BCUT2D eigenvalue weighted by atomic mass is 10.3. The maximum atomic E-state index is 12.0. The number of hydrogen-bond acceptors (Lipinski definition) is 6. The molecule has 3 heterocycles. The third kappa shape index (κ3) is 3.61. The molecule has 3 rings (SSSR count). The lowest BCUT2D eigenvalue weighted by Gasteiger charge is -2.34. The van der Waals surface area contributed by atoms with E-state index in [1.807, 2.05) is 18.2 Å². The van der Waals surface area contributed by atoms with E-state index in [9.17, 15) is 8.42 Å². The van der Waals surface area contributed by atoms with Gasteiger partial charge >= 0.3 is 0 Å². The van der Waals surface area contributed by atoms with Gasteiger partial charge in [0.15, 0.2) is 0 Å². The van der Waals surface area contributed by atoms with E-state index in [0.717, 1.165) is 36.3 Å². The number of aromatic nitrogens is 1. The van der Waals surface area contributed by atoms with Crippen LogP contribution in [0.5, 0.6) is 0 Å². The number of piperazine rings is 1. The molecule has 0 radical (unpaired) electrons. The second kappa shape index (κ2) is 6.92. The minimum Gasteiger partial charge on any atom is -0.447 e. The molecule has 0 aromatic carbocycles. The summed E-state index contributed by atoms with van der Waals surface area (Å²) in [5.41, 5.74) is 0. The van der Waals surface area contributed by atoms with Gasteiger partial charge in [0.25, 0.3) is 10.0 Å². The molecule has 0 atom stereocenters. The fourth-order valence-corrected chi connectivity index (χ4v) is 3.47. The van der Waals surface area contributed by atoms with Crippen molar-refractivity contribution in [3.05, 3.63) is 42.3 Å². The van der Waals surface area contributed by atoms with Crippen molar-refractivity contribution in [2.24, 2.45) is 0 Å². The maximum Gasteiger partial charge on any atom is 0.275 e. The molecule has 2 aromatic rings. The summed E-state index contributed by atoms with van der Waals surface area (Å²) in [5, 5.41) is -0.00498. The molecule has 7 nitrogen and oxygen atoms in total. The molecule has 1 aliphatic rings. The predicted octanol–water partition coefficient (Wildman–Crippen LogP) is 1.25. The zero-order valence-electron chi connectivity index (χ0n) is 13.9. The molecule has 0 N–H and O–H groups in total. The first-order chi connectivity index (χ1) is 11.5. The van der Waals surface area contributed by atoms with Crippen LogP contribution in [0.3, 0.4) is 0 Å². The Morgan fingerprint density at radius 1 is 1.12 bits per heavy atom. The van der Waals surface area contributed by atoms with Gasteiger partial charge in [0.2, 0.25) is 5.09 Å². The molecule has 8 heteroatoms. The van der Waals surface area contributed by atoms with Crippen molar-refractivity contribution in [1.29, 1.82) is 0 Å². The van der Waals surface area contributed by atoms with Crippen LogP contribution in [0.15, 0.2) is 46.0 Å². The predicted molar refractivity (Wildman–Crippen MR) is 91.3 cm³/mol. The highest BCUT2D eigenvalue weighted by Crippen LogP contribution is 2.19. The molecule has 0 spiro atoms. The molecule has 0 bridgehead atoms. The van der Waals surface area contributed by atoms with Crippen molar-refractivity contribution in [3.63, 3.8) is 0 Å². The van der Waals surface area contributed by atoms with Crippen LogP contribution in [-0.2, 0) is 16.6 Å². The summed E-state index contributed by atoms with van der Waals surface area (Å²) >= 11 is 0. The van der Waals surface area contributed by atoms with E-state index in [0.29, 0.717) is 12.3 Å². The number of anilines is 1. The van der Waals surface area contributed by atoms with Gasteiger partial charge in [0, 0.05) is 46.5 Å². The average molecular weight is 350 g/mol. The average Bonchev–Trinajstić information content (AvgIpc) is 3.05. The lowest BCUT2D eigenvalue weighted by Crippen LogP contribution is -2.46. The van der Waals surface area contributed by atoms with Crippen LogP contribution in [0.25, 0.3) is 0 Å². The molecule has 0 unspecified atom stereocenters. The number of nitrogens with zero attached hydrogens (tertiary/aromatic N) is 4. The Morgan fingerprint density at radius 3 is 2.50 bits per heavy atom. The molecule has 0 amide bonds. The first-order valence-electron chi connectivity index (χ1n) is 7.86. The van der Waals surface area contributed by atoms with Gasteiger partial charge in [-0.3, -0.25) is 4.90 Å². The van der Waals surface area contributed by atoms with E-state index in [2.05, 4.69) is 14.8 Å². The van der Waals surface area contributed by atoms with E-state index < -0.39 is 10.0 Å². The molecule has 24 heavy (non-hydrogen) atoms. The van der Waals surface area contributed by atoms with Gasteiger partial charge in [0.05, 0.1) is 6.54 Å². The number of furan rings is 1. The quantitative estimate of drug-likeness (QED) is 0.808. The summed E-state index contributed by atoms with van der Waals surface area (Å²) in [6.45, 7) is 4.15. The SMILES string of the molecule is CN(C)S(=O)(=O)c1ccc(CN2CCN(c3ccccn3)CC2)o1. The van der Waals surface area contributed by atoms with Gasteiger partial charge < -0.3 is 9.32 Å². The summed E-state index contributed by atoms with van der Waals surface area (Å²) in [4.78, 5) is 8.88. The fourth-order valence-electron chi connectivity index (χ4n) is 2.66.